The lowest BCUT2D eigenvalue weighted by molar-refractivity contribution is 0.0696. The number of piperidine rings is 1. The maximum absolute atomic E-state index is 13.0. The molecule has 0 atom stereocenters. The molecule has 1 aliphatic rings. The van der Waals surface area contributed by atoms with E-state index < -0.39 is 11.5 Å². The molecule has 1 saturated heterocycles. The van der Waals surface area contributed by atoms with Crippen LogP contribution in [0.4, 0.5) is 5.69 Å². The number of hydrogen-bond donors (Lipinski definition) is 1. The van der Waals surface area contributed by atoms with Gasteiger partial charge in [-0.2, -0.15) is 0 Å². The standard InChI is InChI=1S/C24H31N3O5/c1-5-31-20-8-7-17(14-21(20)32-6-2)22(28)25-19-13-18(15-26(4)24(19)30)23(29)27-11-9-16(3)10-12-27/h7-8,13-16H,5-6,9-12H2,1-4H3,(H,25,28). The largest absolute Gasteiger partial charge is 0.490 e. The van der Waals surface area contributed by atoms with Gasteiger partial charge in [-0.1, -0.05) is 6.92 Å². The third kappa shape index (κ3) is 5.30. The van der Waals surface area contributed by atoms with Gasteiger partial charge in [0.25, 0.3) is 17.4 Å². The molecule has 32 heavy (non-hydrogen) atoms. The van der Waals surface area contributed by atoms with Crippen molar-refractivity contribution in [3.8, 4) is 11.5 Å². The van der Waals surface area contributed by atoms with Gasteiger partial charge in [-0.3, -0.25) is 14.4 Å². The van der Waals surface area contributed by atoms with E-state index in [-0.39, 0.29) is 11.6 Å². The van der Waals surface area contributed by atoms with E-state index in [9.17, 15) is 14.4 Å². The highest BCUT2D eigenvalue weighted by Crippen LogP contribution is 2.29. The van der Waals surface area contributed by atoms with E-state index in [1.54, 1.807) is 30.1 Å². The minimum atomic E-state index is -0.470. The van der Waals surface area contributed by atoms with E-state index in [0.717, 1.165) is 12.8 Å². The van der Waals surface area contributed by atoms with Gasteiger partial charge in [-0.25, -0.2) is 0 Å². The van der Waals surface area contributed by atoms with Crippen molar-refractivity contribution in [3.05, 3.63) is 51.9 Å². The minimum absolute atomic E-state index is 0.0561. The lowest BCUT2D eigenvalue weighted by atomic mass is 9.99. The average molecular weight is 442 g/mol. The van der Waals surface area contributed by atoms with E-state index in [0.29, 0.717) is 54.8 Å². The van der Waals surface area contributed by atoms with Crippen LogP contribution in [0.5, 0.6) is 11.5 Å². The van der Waals surface area contributed by atoms with Crippen molar-refractivity contribution in [2.24, 2.45) is 13.0 Å². The third-order valence-electron chi connectivity index (χ3n) is 5.55. The Morgan fingerprint density at radius 2 is 1.69 bits per heavy atom. The van der Waals surface area contributed by atoms with Gasteiger partial charge in [0.2, 0.25) is 0 Å². The van der Waals surface area contributed by atoms with Gasteiger partial charge >= 0.3 is 0 Å². The van der Waals surface area contributed by atoms with Crippen LogP contribution in [0.2, 0.25) is 0 Å². The molecule has 0 bridgehead atoms. The molecule has 1 aromatic heterocycles. The van der Waals surface area contributed by atoms with Crippen molar-refractivity contribution < 1.29 is 19.1 Å². The first-order chi connectivity index (χ1) is 15.3. The fourth-order valence-corrected chi connectivity index (χ4v) is 3.70. The Kier molecular flexibility index (Phi) is 7.56. The van der Waals surface area contributed by atoms with Gasteiger partial charge < -0.3 is 24.3 Å². The van der Waals surface area contributed by atoms with Crippen LogP contribution in [-0.4, -0.2) is 47.6 Å². The number of nitrogens with zero attached hydrogens (tertiary/aromatic N) is 2. The molecule has 8 heteroatoms. The van der Waals surface area contributed by atoms with Crippen molar-refractivity contribution in [2.75, 3.05) is 31.6 Å². The molecular weight excluding hydrogens is 410 g/mol. The minimum Gasteiger partial charge on any atom is -0.490 e. The number of carbonyl (C=O) groups excluding carboxylic acids is 2. The number of ether oxygens (including phenoxy) is 2. The molecule has 3 rings (SSSR count). The molecule has 1 N–H and O–H groups in total. The molecule has 1 aromatic carbocycles. The molecule has 0 saturated carbocycles. The highest BCUT2D eigenvalue weighted by Gasteiger charge is 2.23. The predicted octanol–water partition coefficient (Wildman–Crippen LogP) is 3.31. The summed E-state index contributed by atoms with van der Waals surface area (Å²) in [5.74, 6) is 0.998. The molecule has 1 fully saturated rings. The zero-order chi connectivity index (χ0) is 23.3. The molecule has 1 aliphatic heterocycles. The van der Waals surface area contributed by atoms with E-state index in [4.69, 9.17) is 9.47 Å². The summed E-state index contributed by atoms with van der Waals surface area (Å²) < 4.78 is 12.4. The maximum Gasteiger partial charge on any atom is 0.274 e. The van der Waals surface area contributed by atoms with Gasteiger partial charge in [-0.15, -0.1) is 0 Å². The van der Waals surface area contributed by atoms with Gasteiger partial charge in [0.05, 0.1) is 18.8 Å². The van der Waals surface area contributed by atoms with Crippen molar-refractivity contribution in [1.82, 2.24) is 9.47 Å². The summed E-state index contributed by atoms with van der Waals surface area (Å²) in [4.78, 5) is 40.2. The summed E-state index contributed by atoms with van der Waals surface area (Å²) in [5, 5.41) is 2.65. The summed E-state index contributed by atoms with van der Waals surface area (Å²) in [6.07, 6.45) is 3.43. The van der Waals surface area contributed by atoms with Crippen molar-refractivity contribution in [2.45, 2.75) is 33.6 Å². The van der Waals surface area contributed by atoms with Crippen LogP contribution in [0.1, 0.15) is 54.3 Å². The molecule has 2 aromatic rings. The summed E-state index contributed by atoms with van der Waals surface area (Å²) in [6, 6.07) is 6.31. The van der Waals surface area contributed by atoms with Crippen LogP contribution in [0.3, 0.4) is 0 Å². The number of likely N-dealkylation sites (tertiary alicyclic amines) is 1. The molecule has 0 radical (unpaired) electrons. The van der Waals surface area contributed by atoms with E-state index in [1.807, 2.05) is 13.8 Å². The van der Waals surface area contributed by atoms with Crippen molar-refractivity contribution in [3.63, 3.8) is 0 Å². The number of nitrogens with one attached hydrogen (secondary N) is 1. The zero-order valence-electron chi connectivity index (χ0n) is 19.1. The Labute approximate surface area is 188 Å². The second-order valence-corrected chi connectivity index (χ2v) is 8.01. The molecule has 0 unspecified atom stereocenters. The number of pyridine rings is 1. The molecular formula is C24H31N3O5. The first-order valence-electron chi connectivity index (χ1n) is 11.0. The smallest absolute Gasteiger partial charge is 0.274 e. The van der Waals surface area contributed by atoms with Gasteiger partial charge in [0, 0.05) is 31.9 Å². The summed E-state index contributed by atoms with van der Waals surface area (Å²) >= 11 is 0. The normalized spacial score (nSPS) is 14.2. The first-order valence-corrected chi connectivity index (χ1v) is 11.0. The Morgan fingerprint density at radius 3 is 2.34 bits per heavy atom. The number of benzene rings is 1. The summed E-state index contributed by atoms with van der Waals surface area (Å²) in [6.45, 7) is 8.17. The van der Waals surface area contributed by atoms with Crippen molar-refractivity contribution >= 4 is 17.5 Å². The van der Waals surface area contributed by atoms with E-state index in [2.05, 4.69) is 12.2 Å². The van der Waals surface area contributed by atoms with Gasteiger partial charge in [0.1, 0.15) is 5.69 Å². The summed E-state index contributed by atoms with van der Waals surface area (Å²) in [7, 11) is 1.57. The fourth-order valence-electron chi connectivity index (χ4n) is 3.70. The average Bonchev–Trinajstić information content (AvgIpc) is 2.78. The highest BCUT2D eigenvalue weighted by atomic mass is 16.5. The lowest BCUT2D eigenvalue weighted by Gasteiger charge is -2.30. The van der Waals surface area contributed by atoms with Gasteiger partial charge in [-0.05, 0) is 56.9 Å². The number of anilines is 1. The monoisotopic (exact) mass is 441 g/mol. The van der Waals surface area contributed by atoms with Crippen LogP contribution < -0.4 is 20.3 Å². The predicted molar refractivity (Wildman–Crippen MR) is 123 cm³/mol. The number of carbonyl (C=O) groups is 2. The number of hydrogen-bond acceptors (Lipinski definition) is 5. The van der Waals surface area contributed by atoms with Crippen LogP contribution in [0.15, 0.2) is 35.3 Å². The first kappa shape index (κ1) is 23.4. The second kappa shape index (κ2) is 10.3. The highest BCUT2D eigenvalue weighted by molar-refractivity contribution is 6.05. The summed E-state index contributed by atoms with van der Waals surface area (Å²) in [5.41, 5.74) is 0.359. The Hall–Kier alpha value is -3.29. The third-order valence-corrected chi connectivity index (χ3v) is 5.55. The van der Waals surface area contributed by atoms with Crippen LogP contribution >= 0.6 is 0 Å². The number of aryl methyl sites for hydroxylation is 1. The Morgan fingerprint density at radius 1 is 1.03 bits per heavy atom. The quantitative estimate of drug-likeness (QED) is 0.712. The topological polar surface area (TPSA) is 89.9 Å². The molecule has 8 nitrogen and oxygen atoms in total. The molecule has 2 amide bonds. The Balaban J connectivity index is 1.84. The van der Waals surface area contributed by atoms with E-state index >= 15 is 0 Å². The molecule has 0 spiro atoms. The number of rotatable bonds is 7. The van der Waals surface area contributed by atoms with E-state index in [1.165, 1.54) is 16.8 Å². The molecule has 172 valence electrons. The number of aromatic nitrogens is 1. The maximum atomic E-state index is 13.0. The Bertz CT molecular complexity index is 1040. The number of amides is 2. The van der Waals surface area contributed by atoms with Crippen molar-refractivity contribution in [1.29, 1.82) is 0 Å². The molecule has 0 aliphatic carbocycles. The zero-order valence-corrected chi connectivity index (χ0v) is 19.1. The fraction of sp³-hybridized carbons (Fsp3) is 0.458. The lowest BCUT2D eigenvalue weighted by Crippen LogP contribution is -2.38. The van der Waals surface area contributed by atoms with Crippen LogP contribution in [-0.2, 0) is 7.05 Å². The second-order valence-electron chi connectivity index (χ2n) is 8.01. The van der Waals surface area contributed by atoms with Gasteiger partial charge in [0.15, 0.2) is 11.5 Å². The van der Waals surface area contributed by atoms with Crippen LogP contribution in [0.25, 0.3) is 0 Å². The van der Waals surface area contributed by atoms with Crippen LogP contribution in [0, 0.1) is 5.92 Å². The SMILES string of the molecule is CCOc1ccc(C(=O)Nc2cc(C(=O)N3CCC(C)CC3)cn(C)c2=O)cc1OCC. The molecule has 2 heterocycles.